The molecule has 1 atom stereocenters. The van der Waals surface area contributed by atoms with Crippen LogP contribution in [0.4, 0.5) is 5.69 Å². The minimum Gasteiger partial charge on any atom is -0.497 e. The molecule has 0 saturated heterocycles. The van der Waals surface area contributed by atoms with E-state index in [9.17, 15) is 0 Å². The average Bonchev–Trinajstić information content (AvgIpc) is 3.09. The SMILES string of the molecule is COc1cccc(NCc2nc(C(N)c3ccc(C)cc3)n[nH]2)c1. The molecule has 0 aliphatic heterocycles. The summed E-state index contributed by atoms with van der Waals surface area (Å²) in [5.41, 5.74) is 9.39. The third kappa shape index (κ3) is 3.72. The van der Waals surface area contributed by atoms with Crippen molar-refractivity contribution in [3.63, 3.8) is 0 Å². The topological polar surface area (TPSA) is 88.8 Å². The fraction of sp³-hybridized carbons (Fsp3) is 0.222. The van der Waals surface area contributed by atoms with Crippen molar-refractivity contribution in [1.29, 1.82) is 0 Å². The molecule has 124 valence electrons. The Bertz CT molecular complexity index is 797. The number of methoxy groups -OCH3 is 1. The molecule has 4 N–H and O–H groups in total. The van der Waals surface area contributed by atoms with Gasteiger partial charge in [-0.25, -0.2) is 4.98 Å². The summed E-state index contributed by atoms with van der Waals surface area (Å²) >= 11 is 0. The third-order valence-electron chi connectivity index (χ3n) is 3.79. The van der Waals surface area contributed by atoms with Crippen LogP contribution in [-0.4, -0.2) is 22.3 Å². The van der Waals surface area contributed by atoms with E-state index in [4.69, 9.17) is 10.5 Å². The number of nitrogens with zero attached hydrogens (tertiary/aromatic N) is 2. The number of rotatable bonds is 6. The lowest BCUT2D eigenvalue weighted by molar-refractivity contribution is 0.415. The van der Waals surface area contributed by atoms with Crippen molar-refractivity contribution in [2.75, 3.05) is 12.4 Å². The number of hydrogen-bond acceptors (Lipinski definition) is 5. The van der Waals surface area contributed by atoms with E-state index in [1.54, 1.807) is 7.11 Å². The minimum atomic E-state index is -0.340. The zero-order chi connectivity index (χ0) is 16.9. The molecule has 0 radical (unpaired) electrons. The number of anilines is 1. The average molecular weight is 323 g/mol. The molecule has 0 saturated carbocycles. The Balaban J connectivity index is 1.65. The van der Waals surface area contributed by atoms with Gasteiger partial charge in [-0.1, -0.05) is 35.9 Å². The van der Waals surface area contributed by atoms with E-state index in [0.717, 1.165) is 22.8 Å². The Labute approximate surface area is 141 Å². The molecule has 3 aromatic rings. The zero-order valence-electron chi connectivity index (χ0n) is 13.8. The molecule has 0 spiro atoms. The van der Waals surface area contributed by atoms with Crippen molar-refractivity contribution in [1.82, 2.24) is 15.2 Å². The predicted octanol–water partition coefficient (Wildman–Crippen LogP) is 2.78. The van der Waals surface area contributed by atoms with Crippen molar-refractivity contribution < 1.29 is 4.74 Å². The number of benzene rings is 2. The molecule has 6 heteroatoms. The lowest BCUT2D eigenvalue weighted by atomic mass is 10.1. The Kier molecular flexibility index (Phi) is 4.77. The lowest BCUT2D eigenvalue weighted by Crippen LogP contribution is -2.13. The number of aromatic amines is 1. The van der Waals surface area contributed by atoms with Crippen LogP contribution >= 0.6 is 0 Å². The van der Waals surface area contributed by atoms with Crippen molar-refractivity contribution in [2.45, 2.75) is 19.5 Å². The number of aromatic nitrogens is 3. The van der Waals surface area contributed by atoms with Crippen LogP contribution in [-0.2, 0) is 6.54 Å². The number of hydrogen-bond donors (Lipinski definition) is 3. The van der Waals surface area contributed by atoms with Gasteiger partial charge in [0.25, 0.3) is 0 Å². The Morgan fingerprint density at radius 3 is 2.75 bits per heavy atom. The van der Waals surface area contributed by atoms with E-state index in [1.165, 1.54) is 5.56 Å². The molecule has 0 fully saturated rings. The monoisotopic (exact) mass is 323 g/mol. The molecule has 2 aromatic carbocycles. The van der Waals surface area contributed by atoms with Crippen LogP contribution in [0.15, 0.2) is 48.5 Å². The molecule has 0 aliphatic carbocycles. The predicted molar refractivity (Wildman–Crippen MR) is 93.9 cm³/mol. The summed E-state index contributed by atoms with van der Waals surface area (Å²) in [7, 11) is 1.65. The van der Waals surface area contributed by atoms with Gasteiger partial charge in [-0.15, -0.1) is 0 Å². The van der Waals surface area contributed by atoms with E-state index < -0.39 is 0 Å². The van der Waals surface area contributed by atoms with Crippen LogP contribution in [0.2, 0.25) is 0 Å². The van der Waals surface area contributed by atoms with E-state index in [2.05, 4.69) is 20.5 Å². The normalized spacial score (nSPS) is 12.0. The number of nitrogens with two attached hydrogens (primary N) is 1. The number of nitrogens with one attached hydrogen (secondary N) is 2. The minimum absolute atomic E-state index is 0.340. The van der Waals surface area contributed by atoms with Crippen molar-refractivity contribution in [3.8, 4) is 5.75 Å². The molecule has 0 aliphatic rings. The third-order valence-corrected chi connectivity index (χ3v) is 3.79. The van der Waals surface area contributed by atoms with Crippen molar-refractivity contribution >= 4 is 5.69 Å². The second kappa shape index (κ2) is 7.14. The summed E-state index contributed by atoms with van der Waals surface area (Å²) in [5.74, 6) is 2.12. The van der Waals surface area contributed by atoms with E-state index >= 15 is 0 Å². The summed E-state index contributed by atoms with van der Waals surface area (Å²) < 4.78 is 5.21. The van der Waals surface area contributed by atoms with Crippen molar-refractivity contribution in [2.24, 2.45) is 5.73 Å². The summed E-state index contributed by atoms with van der Waals surface area (Å²) in [6.45, 7) is 2.57. The fourth-order valence-electron chi connectivity index (χ4n) is 2.37. The summed E-state index contributed by atoms with van der Waals surface area (Å²) in [6, 6.07) is 15.5. The van der Waals surface area contributed by atoms with Crippen LogP contribution in [0.3, 0.4) is 0 Å². The van der Waals surface area contributed by atoms with Gasteiger partial charge >= 0.3 is 0 Å². The molecule has 3 rings (SSSR count). The smallest absolute Gasteiger partial charge is 0.171 e. The highest BCUT2D eigenvalue weighted by Crippen LogP contribution is 2.18. The first-order chi connectivity index (χ1) is 11.7. The van der Waals surface area contributed by atoms with Gasteiger partial charge in [-0.2, -0.15) is 5.10 Å². The summed E-state index contributed by atoms with van der Waals surface area (Å²) in [5, 5.41) is 10.4. The Morgan fingerprint density at radius 1 is 1.21 bits per heavy atom. The largest absolute Gasteiger partial charge is 0.497 e. The zero-order valence-corrected chi connectivity index (χ0v) is 13.8. The number of ether oxygens (including phenoxy) is 1. The van der Waals surface area contributed by atoms with Gasteiger partial charge in [0.2, 0.25) is 0 Å². The Morgan fingerprint density at radius 2 is 2.00 bits per heavy atom. The molecule has 1 unspecified atom stereocenters. The standard InChI is InChI=1S/C18H21N5O/c1-12-6-8-13(9-7-12)17(19)18-21-16(22-23-18)11-20-14-4-3-5-15(10-14)24-2/h3-10,17,20H,11,19H2,1-2H3,(H,21,22,23). The second-order valence-corrected chi connectivity index (χ2v) is 5.61. The fourth-order valence-corrected chi connectivity index (χ4v) is 2.37. The van der Waals surface area contributed by atoms with Crippen molar-refractivity contribution in [3.05, 3.63) is 71.3 Å². The quantitative estimate of drug-likeness (QED) is 0.649. The highest BCUT2D eigenvalue weighted by Gasteiger charge is 2.14. The van der Waals surface area contributed by atoms with Crippen LogP contribution in [0.1, 0.15) is 28.8 Å². The first-order valence-electron chi connectivity index (χ1n) is 7.77. The first kappa shape index (κ1) is 16.0. The molecule has 24 heavy (non-hydrogen) atoms. The maximum Gasteiger partial charge on any atom is 0.171 e. The van der Waals surface area contributed by atoms with E-state index in [0.29, 0.717) is 12.4 Å². The molecular formula is C18H21N5O. The second-order valence-electron chi connectivity index (χ2n) is 5.61. The molecule has 0 bridgehead atoms. The van der Waals surface area contributed by atoms with Gasteiger partial charge in [-0.05, 0) is 24.6 Å². The summed E-state index contributed by atoms with van der Waals surface area (Å²) in [6.07, 6.45) is 0. The highest BCUT2D eigenvalue weighted by atomic mass is 16.5. The molecule has 1 heterocycles. The van der Waals surface area contributed by atoms with Crippen LogP contribution in [0.5, 0.6) is 5.75 Å². The number of aryl methyl sites for hydroxylation is 1. The van der Waals surface area contributed by atoms with Crippen LogP contribution < -0.4 is 15.8 Å². The van der Waals surface area contributed by atoms with Crippen LogP contribution in [0, 0.1) is 6.92 Å². The van der Waals surface area contributed by atoms with E-state index in [1.807, 2.05) is 55.5 Å². The van der Waals surface area contributed by atoms with Gasteiger partial charge in [0, 0.05) is 11.8 Å². The van der Waals surface area contributed by atoms with Gasteiger partial charge in [0.1, 0.15) is 11.6 Å². The van der Waals surface area contributed by atoms with Gasteiger partial charge < -0.3 is 15.8 Å². The maximum absolute atomic E-state index is 6.24. The molecule has 6 nitrogen and oxygen atoms in total. The molecule has 1 aromatic heterocycles. The van der Waals surface area contributed by atoms with Gasteiger partial charge in [0.05, 0.1) is 19.7 Å². The Hall–Kier alpha value is -2.86. The van der Waals surface area contributed by atoms with E-state index in [-0.39, 0.29) is 6.04 Å². The first-order valence-corrected chi connectivity index (χ1v) is 7.77. The van der Waals surface area contributed by atoms with Crippen LogP contribution in [0.25, 0.3) is 0 Å². The lowest BCUT2D eigenvalue weighted by Gasteiger charge is -2.08. The number of H-pyrrole nitrogens is 1. The molecular weight excluding hydrogens is 302 g/mol. The maximum atomic E-state index is 6.24. The van der Waals surface area contributed by atoms with Gasteiger partial charge in [-0.3, -0.25) is 5.10 Å². The molecule has 0 amide bonds. The van der Waals surface area contributed by atoms with Gasteiger partial charge in [0.15, 0.2) is 5.82 Å². The summed E-state index contributed by atoms with van der Waals surface area (Å²) in [4.78, 5) is 4.48. The highest BCUT2D eigenvalue weighted by molar-refractivity contribution is 5.48.